The third kappa shape index (κ3) is 2.29. The van der Waals surface area contributed by atoms with E-state index < -0.39 is 12.2 Å². The number of halogens is 1. The zero-order chi connectivity index (χ0) is 13.3. The molecule has 1 aromatic carbocycles. The molecular formula is C11H14BrN3O3. The fourth-order valence-electron chi connectivity index (χ4n) is 2.05. The van der Waals surface area contributed by atoms with Crippen LogP contribution >= 0.6 is 15.9 Å². The zero-order valence-electron chi connectivity index (χ0n) is 9.49. The third-order valence-electron chi connectivity index (χ3n) is 2.96. The smallest absolute Gasteiger partial charge is 0.173 e. The van der Waals surface area contributed by atoms with Gasteiger partial charge in [-0.25, -0.2) is 0 Å². The van der Waals surface area contributed by atoms with Crippen LogP contribution in [0.1, 0.15) is 5.56 Å². The number of hydrogen-bond donors (Lipinski definition) is 4. The molecule has 7 heteroatoms. The SMILES string of the molecule is N/C(=N/O)c1c(Br)cccc1N1CC(O)C(O)C1. The quantitative estimate of drug-likeness (QED) is 0.268. The molecule has 1 fully saturated rings. The number of anilines is 1. The van der Waals surface area contributed by atoms with Crippen molar-refractivity contribution in [2.45, 2.75) is 12.2 Å². The Morgan fingerprint density at radius 2 is 1.94 bits per heavy atom. The van der Waals surface area contributed by atoms with Crippen molar-refractivity contribution in [3.63, 3.8) is 0 Å². The molecule has 98 valence electrons. The summed E-state index contributed by atoms with van der Waals surface area (Å²) in [5.74, 6) is -0.0200. The fourth-order valence-corrected chi connectivity index (χ4v) is 2.60. The maximum absolute atomic E-state index is 9.57. The monoisotopic (exact) mass is 315 g/mol. The van der Waals surface area contributed by atoms with Gasteiger partial charge in [-0.3, -0.25) is 0 Å². The van der Waals surface area contributed by atoms with Gasteiger partial charge < -0.3 is 26.1 Å². The van der Waals surface area contributed by atoms with Crippen molar-refractivity contribution < 1.29 is 15.4 Å². The minimum atomic E-state index is -0.788. The van der Waals surface area contributed by atoms with Crippen LogP contribution in [0.25, 0.3) is 0 Å². The second-order valence-electron chi connectivity index (χ2n) is 4.16. The van der Waals surface area contributed by atoms with Crippen LogP contribution in [0.5, 0.6) is 0 Å². The van der Waals surface area contributed by atoms with E-state index >= 15 is 0 Å². The third-order valence-corrected chi connectivity index (χ3v) is 3.62. The Morgan fingerprint density at radius 3 is 2.50 bits per heavy atom. The summed E-state index contributed by atoms with van der Waals surface area (Å²) in [5, 5.41) is 31.0. The summed E-state index contributed by atoms with van der Waals surface area (Å²) in [6.07, 6.45) is -1.58. The number of β-amino-alcohol motifs (C(OH)–C–C–N with tert-alkyl or cyclic N) is 2. The Labute approximate surface area is 112 Å². The number of aliphatic hydroxyl groups is 2. The van der Waals surface area contributed by atoms with Crippen LogP contribution in [0, 0.1) is 0 Å². The predicted octanol–water partition coefficient (Wildman–Crippen LogP) is 0.0854. The Hall–Kier alpha value is -1.31. The molecule has 0 spiro atoms. The summed E-state index contributed by atoms with van der Waals surface area (Å²) < 4.78 is 0.686. The van der Waals surface area contributed by atoms with Gasteiger partial charge in [0, 0.05) is 23.2 Å². The molecule has 0 saturated carbocycles. The van der Waals surface area contributed by atoms with Crippen LogP contribution in [0.2, 0.25) is 0 Å². The lowest BCUT2D eigenvalue weighted by atomic mass is 10.1. The molecule has 6 nitrogen and oxygen atoms in total. The van der Waals surface area contributed by atoms with Crippen molar-refractivity contribution in [1.82, 2.24) is 0 Å². The van der Waals surface area contributed by atoms with Crippen molar-refractivity contribution >= 4 is 27.5 Å². The number of benzene rings is 1. The summed E-state index contributed by atoms with van der Waals surface area (Å²) >= 11 is 3.34. The van der Waals surface area contributed by atoms with Crippen LogP contribution in [0.3, 0.4) is 0 Å². The minimum Gasteiger partial charge on any atom is -0.409 e. The van der Waals surface area contributed by atoms with Gasteiger partial charge in [0.05, 0.1) is 17.8 Å². The lowest BCUT2D eigenvalue weighted by Crippen LogP contribution is -2.26. The van der Waals surface area contributed by atoms with Gasteiger partial charge in [-0.05, 0) is 28.1 Å². The Kier molecular flexibility index (Phi) is 3.74. The van der Waals surface area contributed by atoms with Gasteiger partial charge >= 0.3 is 0 Å². The van der Waals surface area contributed by atoms with E-state index in [1.165, 1.54) is 0 Å². The van der Waals surface area contributed by atoms with Crippen LogP contribution in [-0.4, -0.2) is 46.6 Å². The van der Waals surface area contributed by atoms with E-state index in [1.54, 1.807) is 17.0 Å². The summed E-state index contributed by atoms with van der Waals surface area (Å²) in [4.78, 5) is 1.80. The molecule has 0 radical (unpaired) electrons. The van der Waals surface area contributed by atoms with Crippen LogP contribution in [0.4, 0.5) is 5.69 Å². The van der Waals surface area contributed by atoms with Gasteiger partial charge in [-0.15, -0.1) is 0 Å². The summed E-state index contributed by atoms with van der Waals surface area (Å²) in [6, 6.07) is 5.38. The van der Waals surface area contributed by atoms with E-state index in [0.29, 0.717) is 28.8 Å². The molecule has 1 saturated heterocycles. The molecule has 2 rings (SSSR count). The van der Waals surface area contributed by atoms with E-state index in [9.17, 15) is 10.2 Å². The van der Waals surface area contributed by atoms with Crippen molar-refractivity contribution in [2.75, 3.05) is 18.0 Å². The Morgan fingerprint density at radius 1 is 1.33 bits per heavy atom. The molecule has 0 aliphatic carbocycles. The number of amidine groups is 1. The molecule has 1 aliphatic heterocycles. The number of aliphatic hydroxyl groups excluding tert-OH is 2. The Bertz CT molecular complexity index is 471. The molecule has 0 bridgehead atoms. The second kappa shape index (κ2) is 5.13. The van der Waals surface area contributed by atoms with Gasteiger partial charge in [-0.2, -0.15) is 0 Å². The van der Waals surface area contributed by atoms with Gasteiger partial charge in [0.2, 0.25) is 0 Å². The number of oxime groups is 1. The van der Waals surface area contributed by atoms with Crippen molar-refractivity contribution in [3.8, 4) is 0 Å². The average Bonchev–Trinajstić information content (AvgIpc) is 2.68. The highest BCUT2D eigenvalue weighted by Crippen LogP contribution is 2.30. The summed E-state index contributed by atoms with van der Waals surface area (Å²) in [6.45, 7) is 0.618. The van der Waals surface area contributed by atoms with Gasteiger partial charge in [0.1, 0.15) is 0 Å². The van der Waals surface area contributed by atoms with Crippen molar-refractivity contribution in [3.05, 3.63) is 28.2 Å². The summed E-state index contributed by atoms with van der Waals surface area (Å²) in [7, 11) is 0. The molecule has 2 unspecified atom stereocenters. The fraction of sp³-hybridized carbons (Fsp3) is 0.364. The van der Waals surface area contributed by atoms with E-state index in [0.717, 1.165) is 0 Å². The van der Waals surface area contributed by atoms with Gasteiger partial charge in [0.25, 0.3) is 0 Å². The highest BCUT2D eigenvalue weighted by molar-refractivity contribution is 9.10. The normalized spacial score (nSPS) is 24.6. The second-order valence-corrected chi connectivity index (χ2v) is 5.01. The van der Waals surface area contributed by atoms with E-state index in [-0.39, 0.29) is 5.84 Å². The maximum atomic E-state index is 9.57. The Balaban J connectivity index is 2.42. The van der Waals surface area contributed by atoms with E-state index in [2.05, 4.69) is 21.1 Å². The number of hydrogen-bond acceptors (Lipinski definition) is 5. The average molecular weight is 316 g/mol. The topological polar surface area (TPSA) is 102 Å². The van der Waals surface area contributed by atoms with E-state index in [4.69, 9.17) is 10.9 Å². The first-order chi connectivity index (χ1) is 8.54. The molecule has 1 aromatic rings. The lowest BCUT2D eigenvalue weighted by molar-refractivity contribution is 0.0572. The van der Waals surface area contributed by atoms with Gasteiger partial charge in [0.15, 0.2) is 5.84 Å². The first-order valence-electron chi connectivity index (χ1n) is 5.42. The number of nitrogens with two attached hydrogens (primary N) is 1. The highest BCUT2D eigenvalue weighted by Gasteiger charge is 2.31. The highest BCUT2D eigenvalue weighted by atomic mass is 79.9. The largest absolute Gasteiger partial charge is 0.409 e. The van der Waals surface area contributed by atoms with Crippen LogP contribution in [-0.2, 0) is 0 Å². The predicted molar refractivity (Wildman–Crippen MR) is 70.9 cm³/mol. The standard InChI is InChI=1S/C11H14BrN3O3/c12-6-2-1-3-7(10(6)11(13)14-18)15-4-8(16)9(17)5-15/h1-3,8-9,16-18H,4-5H2,(H2,13,14). The van der Waals surface area contributed by atoms with E-state index in [1.807, 2.05) is 6.07 Å². The van der Waals surface area contributed by atoms with Crippen molar-refractivity contribution in [2.24, 2.45) is 10.9 Å². The summed E-state index contributed by atoms with van der Waals surface area (Å²) in [5.41, 5.74) is 6.90. The van der Waals surface area contributed by atoms with Gasteiger partial charge in [-0.1, -0.05) is 11.2 Å². The van der Waals surface area contributed by atoms with Crippen LogP contribution < -0.4 is 10.6 Å². The molecule has 1 heterocycles. The first-order valence-corrected chi connectivity index (χ1v) is 6.21. The molecule has 5 N–H and O–H groups in total. The number of nitrogens with zero attached hydrogens (tertiary/aromatic N) is 2. The maximum Gasteiger partial charge on any atom is 0.173 e. The molecule has 18 heavy (non-hydrogen) atoms. The molecule has 0 aromatic heterocycles. The van der Waals surface area contributed by atoms with Crippen LogP contribution in [0.15, 0.2) is 27.8 Å². The molecule has 2 atom stereocenters. The molecule has 1 aliphatic rings. The van der Waals surface area contributed by atoms with Crippen molar-refractivity contribution in [1.29, 1.82) is 0 Å². The number of rotatable bonds is 2. The first kappa shape index (κ1) is 13.1. The minimum absolute atomic E-state index is 0.0200. The lowest BCUT2D eigenvalue weighted by Gasteiger charge is -2.21. The zero-order valence-corrected chi connectivity index (χ0v) is 11.1. The molecular weight excluding hydrogens is 302 g/mol. The molecule has 0 amide bonds.